The number of nitrogens with zero attached hydrogens (tertiary/aromatic N) is 1. The molecule has 0 aromatic heterocycles. The molecule has 0 fully saturated rings. The molecule has 0 radical (unpaired) electrons. The fraction of sp³-hybridized carbons (Fsp3) is 0.948. The summed E-state index contributed by atoms with van der Waals surface area (Å²) in [6.07, 6.45) is 62.1. The number of hydrogen-bond donors (Lipinski definition) is 2. The van der Waals surface area contributed by atoms with Gasteiger partial charge in [0, 0.05) is 6.42 Å². The lowest BCUT2D eigenvalue weighted by atomic mass is 10.0. The molecule has 0 aromatic rings. The smallest absolute Gasteiger partial charge is 0.268 e. The molecule has 0 bridgehead atoms. The first-order valence-corrected chi connectivity index (χ1v) is 31.0. The highest BCUT2D eigenvalue weighted by Gasteiger charge is 2.23. The zero-order valence-electron chi connectivity index (χ0n) is 45.6. The lowest BCUT2D eigenvalue weighted by Gasteiger charge is -2.29. The molecule has 0 aliphatic heterocycles. The topological polar surface area (TPSA) is 108 Å². The highest BCUT2D eigenvalue weighted by molar-refractivity contribution is 7.45. The molecule has 0 aliphatic rings. The maximum atomic E-state index is 12.9. The third-order valence-electron chi connectivity index (χ3n) is 13.7. The molecule has 3 atom stereocenters. The molecule has 0 heterocycles. The van der Waals surface area contributed by atoms with Crippen LogP contribution in [-0.2, 0) is 18.4 Å². The zero-order chi connectivity index (χ0) is 49.2. The Balaban J connectivity index is 3.75. The van der Waals surface area contributed by atoms with Gasteiger partial charge < -0.3 is 28.8 Å². The molecule has 1 amide bonds. The molecule has 9 heteroatoms. The number of aliphatic hydroxyl groups is 1. The third kappa shape index (κ3) is 52.9. The van der Waals surface area contributed by atoms with Crippen molar-refractivity contribution >= 4 is 13.7 Å². The Labute approximate surface area is 418 Å². The Morgan fingerprint density at radius 3 is 1.12 bits per heavy atom. The largest absolute Gasteiger partial charge is 0.756 e. The molecule has 3 unspecified atom stereocenters. The van der Waals surface area contributed by atoms with E-state index < -0.39 is 20.0 Å². The van der Waals surface area contributed by atoms with Crippen LogP contribution in [0.25, 0.3) is 0 Å². The SMILES string of the molecule is CCCCCCCC/C=C/C(O)C(COP(=O)([O-])OCC[N+](C)(C)C)NC(=O)CCCCCCCCCCCCCCCCCCCCCCCCCCCCCCCCCCCCCCC. The summed E-state index contributed by atoms with van der Waals surface area (Å²) in [4.78, 5) is 25.3. The van der Waals surface area contributed by atoms with Crippen LogP contribution in [0.15, 0.2) is 12.2 Å². The van der Waals surface area contributed by atoms with Gasteiger partial charge in [-0.05, 0) is 19.3 Å². The molecule has 67 heavy (non-hydrogen) atoms. The van der Waals surface area contributed by atoms with Crippen LogP contribution in [0.3, 0.4) is 0 Å². The van der Waals surface area contributed by atoms with Crippen molar-refractivity contribution < 1.29 is 32.9 Å². The molecule has 400 valence electrons. The van der Waals surface area contributed by atoms with Crippen LogP contribution in [0.4, 0.5) is 0 Å². The number of likely N-dealkylation sites (N-methyl/N-ethyl adjacent to an activating group) is 1. The van der Waals surface area contributed by atoms with Crippen LogP contribution >= 0.6 is 7.82 Å². The molecule has 0 saturated carbocycles. The Bertz CT molecular complexity index is 1100. The number of phosphoric acid groups is 1. The van der Waals surface area contributed by atoms with Crippen LogP contribution in [0, 0.1) is 0 Å². The average molecular weight is 970 g/mol. The van der Waals surface area contributed by atoms with Gasteiger partial charge in [-0.3, -0.25) is 9.36 Å². The second kappa shape index (κ2) is 50.2. The van der Waals surface area contributed by atoms with Crippen LogP contribution in [0.5, 0.6) is 0 Å². The number of carbonyl (C=O) groups is 1. The average Bonchev–Trinajstić information content (AvgIpc) is 3.29. The minimum Gasteiger partial charge on any atom is -0.756 e. The molecular weight excluding hydrogens is 852 g/mol. The summed E-state index contributed by atoms with van der Waals surface area (Å²) in [5.74, 6) is -0.194. The monoisotopic (exact) mass is 969 g/mol. The van der Waals surface area contributed by atoms with Gasteiger partial charge in [-0.25, -0.2) is 0 Å². The van der Waals surface area contributed by atoms with Crippen molar-refractivity contribution in [3.05, 3.63) is 12.2 Å². The summed E-state index contributed by atoms with van der Waals surface area (Å²) in [6.45, 7) is 4.64. The summed E-state index contributed by atoms with van der Waals surface area (Å²) < 4.78 is 23.2. The molecule has 0 spiro atoms. The summed E-state index contributed by atoms with van der Waals surface area (Å²) in [7, 11) is 1.27. The quantitative estimate of drug-likeness (QED) is 0.0272. The molecule has 0 saturated heterocycles. The van der Waals surface area contributed by atoms with Crippen molar-refractivity contribution in [2.24, 2.45) is 0 Å². The number of phosphoric ester groups is 1. The lowest BCUT2D eigenvalue weighted by molar-refractivity contribution is -0.870. The van der Waals surface area contributed by atoms with Crippen LogP contribution < -0.4 is 10.2 Å². The van der Waals surface area contributed by atoms with Crippen molar-refractivity contribution in [3.8, 4) is 0 Å². The normalized spacial score (nSPS) is 14.0. The second-order valence-electron chi connectivity index (χ2n) is 21.7. The van der Waals surface area contributed by atoms with Gasteiger partial charge in [-0.2, -0.15) is 0 Å². The number of amides is 1. The molecule has 8 nitrogen and oxygen atoms in total. The first kappa shape index (κ1) is 66.2. The maximum Gasteiger partial charge on any atom is 0.268 e. The number of unbranched alkanes of at least 4 members (excludes halogenated alkanes) is 42. The zero-order valence-corrected chi connectivity index (χ0v) is 46.5. The second-order valence-corrected chi connectivity index (χ2v) is 23.1. The van der Waals surface area contributed by atoms with Gasteiger partial charge in [0.1, 0.15) is 13.2 Å². The van der Waals surface area contributed by atoms with E-state index in [0.717, 1.165) is 38.5 Å². The summed E-state index contributed by atoms with van der Waals surface area (Å²) in [5.41, 5.74) is 0. The number of aliphatic hydroxyl groups excluding tert-OH is 1. The van der Waals surface area contributed by atoms with Gasteiger partial charge in [0.25, 0.3) is 7.82 Å². The minimum atomic E-state index is -4.58. The number of hydrogen-bond acceptors (Lipinski definition) is 6. The Kier molecular flexibility index (Phi) is 49.6. The number of carbonyl (C=O) groups excluding carboxylic acids is 1. The van der Waals surface area contributed by atoms with E-state index in [1.54, 1.807) is 6.08 Å². The highest BCUT2D eigenvalue weighted by Crippen LogP contribution is 2.38. The van der Waals surface area contributed by atoms with Gasteiger partial charge >= 0.3 is 0 Å². The standard InChI is InChI=1S/C58H117N2O6P/c1-6-8-10-12-14-16-17-18-19-20-21-22-23-24-25-26-27-28-29-30-31-32-33-34-35-36-37-38-39-40-41-42-43-44-46-48-50-52-58(62)59-56(55-66-67(63,64)65-54-53-60(3,4)5)57(61)51-49-47-45-15-13-11-9-7-2/h49,51,56-57,61H,6-48,50,52-55H2,1-5H3,(H-,59,62,63,64)/b51-49+. The maximum absolute atomic E-state index is 12.9. The van der Waals surface area contributed by atoms with E-state index in [1.165, 1.54) is 244 Å². The number of rotatable bonds is 55. The van der Waals surface area contributed by atoms with Crippen molar-refractivity contribution in [2.75, 3.05) is 40.9 Å². The molecular formula is C58H117N2O6P. The molecule has 0 rings (SSSR count). The predicted octanol–water partition coefficient (Wildman–Crippen LogP) is 17.2. The number of allylic oxidation sites excluding steroid dienone is 1. The van der Waals surface area contributed by atoms with Crippen molar-refractivity contribution in [3.63, 3.8) is 0 Å². The fourth-order valence-corrected chi connectivity index (χ4v) is 9.82. The van der Waals surface area contributed by atoms with Gasteiger partial charge in [0.15, 0.2) is 0 Å². The highest BCUT2D eigenvalue weighted by atomic mass is 31.2. The summed E-state index contributed by atoms with van der Waals surface area (Å²) >= 11 is 0. The van der Waals surface area contributed by atoms with E-state index in [9.17, 15) is 19.4 Å². The first-order valence-electron chi connectivity index (χ1n) is 29.6. The van der Waals surface area contributed by atoms with Crippen LogP contribution in [-0.4, -0.2) is 68.5 Å². The summed E-state index contributed by atoms with van der Waals surface area (Å²) in [6, 6.07) is -0.879. The fourth-order valence-electron chi connectivity index (χ4n) is 9.10. The number of nitrogens with one attached hydrogen (secondary N) is 1. The van der Waals surface area contributed by atoms with Gasteiger partial charge in [0.2, 0.25) is 5.91 Å². The van der Waals surface area contributed by atoms with Crippen molar-refractivity contribution in [1.82, 2.24) is 5.32 Å². The van der Waals surface area contributed by atoms with Crippen LogP contribution in [0.2, 0.25) is 0 Å². The van der Waals surface area contributed by atoms with E-state index in [2.05, 4.69) is 19.2 Å². The first-order chi connectivity index (χ1) is 32.5. The van der Waals surface area contributed by atoms with Gasteiger partial charge in [0.05, 0.1) is 39.9 Å². The van der Waals surface area contributed by atoms with Crippen molar-refractivity contribution in [2.45, 2.75) is 315 Å². The van der Waals surface area contributed by atoms with E-state index in [0.29, 0.717) is 17.4 Å². The molecule has 0 aliphatic carbocycles. The third-order valence-corrected chi connectivity index (χ3v) is 14.7. The molecule has 0 aromatic carbocycles. The Morgan fingerprint density at radius 2 is 0.806 bits per heavy atom. The van der Waals surface area contributed by atoms with Gasteiger partial charge in [-0.15, -0.1) is 0 Å². The lowest BCUT2D eigenvalue weighted by Crippen LogP contribution is -2.45. The van der Waals surface area contributed by atoms with E-state index in [1.807, 2.05) is 27.2 Å². The van der Waals surface area contributed by atoms with E-state index in [4.69, 9.17) is 9.05 Å². The van der Waals surface area contributed by atoms with Crippen molar-refractivity contribution in [1.29, 1.82) is 0 Å². The van der Waals surface area contributed by atoms with Gasteiger partial charge in [-0.1, -0.05) is 289 Å². The molecule has 2 N–H and O–H groups in total. The Morgan fingerprint density at radius 1 is 0.507 bits per heavy atom. The Hall–Kier alpha value is -0.760. The minimum absolute atomic E-state index is 0.00177. The van der Waals surface area contributed by atoms with E-state index in [-0.39, 0.29) is 19.1 Å². The predicted molar refractivity (Wildman–Crippen MR) is 289 cm³/mol. The number of quaternary nitrogens is 1. The summed E-state index contributed by atoms with van der Waals surface area (Å²) in [5, 5.41) is 13.7. The van der Waals surface area contributed by atoms with Crippen LogP contribution in [0.1, 0.15) is 303 Å². The van der Waals surface area contributed by atoms with E-state index >= 15 is 0 Å².